The van der Waals surface area contributed by atoms with Crippen molar-refractivity contribution < 1.29 is 9.47 Å². The molecule has 0 saturated carbocycles. The van der Waals surface area contributed by atoms with Gasteiger partial charge < -0.3 is 14.8 Å². The highest BCUT2D eigenvalue weighted by Crippen LogP contribution is 2.34. The molecule has 1 aromatic rings. The van der Waals surface area contributed by atoms with E-state index in [1.165, 1.54) is 5.56 Å². The number of anilines is 1. The van der Waals surface area contributed by atoms with Crippen molar-refractivity contribution in [3.8, 4) is 11.5 Å². The first-order valence-corrected chi connectivity index (χ1v) is 4.51. The number of nitrogens with one attached hydrogen (secondary N) is 1. The van der Waals surface area contributed by atoms with Gasteiger partial charge in [-0.05, 0) is 24.3 Å². The highest BCUT2D eigenvalue weighted by Gasteiger charge is 2.11. The van der Waals surface area contributed by atoms with Crippen LogP contribution in [0.25, 0.3) is 0 Å². The third-order valence-corrected chi connectivity index (χ3v) is 2.30. The summed E-state index contributed by atoms with van der Waals surface area (Å²) in [6, 6.07) is 3.96. The zero-order valence-corrected chi connectivity index (χ0v) is 8.33. The minimum Gasteiger partial charge on any atom is -0.493 e. The van der Waals surface area contributed by atoms with E-state index < -0.39 is 0 Å². The van der Waals surface area contributed by atoms with Crippen LogP contribution in [0.4, 0.5) is 5.69 Å². The molecule has 1 N–H and O–H groups in total. The molecular formula is C11H13NO2. The fourth-order valence-electron chi connectivity index (χ4n) is 1.56. The molecule has 0 radical (unpaired) electrons. The van der Waals surface area contributed by atoms with Gasteiger partial charge >= 0.3 is 0 Å². The van der Waals surface area contributed by atoms with Gasteiger partial charge in [-0.1, -0.05) is 6.08 Å². The summed E-state index contributed by atoms with van der Waals surface area (Å²) in [6.45, 7) is 0. The van der Waals surface area contributed by atoms with Gasteiger partial charge in [-0.3, -0.25) is 0 Å². The third-order valence-electron chi connectivity index (χ3n) is 2.30. The Morgan fingerprint density at radius 2 is 1.86 bits per heavy atom. The third kappa shape index (κ3) is 1.41. The van der Waals surface area contributed by atoms with Gasteiger partial charge in [0.25, 0.3) is 0 Å². The van der Waals surface area contributed by atoms with Crippen molar-refractivity contribution in [2.45, 2.75) is 6.42 Å². The Morgan fingerprint density at radius 1 is 1.14 bits per heavy atom. The predicted molar refractivity (Wildman–Crippen MR) is 56.0 cm³/mol. The number of fused-ring (bicyclic) bond motifs is 1. The summed E-state index contributed by atoms with van der Waals surface area (Å²) in [7, 11) is 3.29. The maximum Gasteiger partial charge on any atom is 0.162 e. The van der Waals surface area contributed by atoms with Crippen LogP contribution in [0.1, 0.15) is 5.56 Å². The maximum atomic E-state index is 5.23. The molecule has 0 unspecified atom stereocenters. The number of benzene rings is 1. The lowest BCUT2D eigenvalue weighted by molar-refractivity contribution is 0.355. The van der Waals surface area contributed by atoms with Crippen molar-refractivity contribution in [2.75, 3.05) is 19.5 Å². The molecule has 74 valence electrons. The largest absolute Gasteiger partial charge is 0.493 e. The molecule has 0 saturated heterocycles. The molecule has 1 aliphatic heterocycles. The lowest BCUT2D eigenvalue weighted by atomic mass is 10.1. The van der Waals surface area contributed by atoms with Crippen LogP contribution < -0.4 is 14.8 Å². The van der Waals surface area contributed by atoms with Crippen LogP contribution >= 0.6 is 0 Å². The molecule has 14 heavy (non-hydrogen) atoms. The molecule has 1 aromatic carbocycles. The highest BCUT2D eigenvalue weighted by molar-refractivity contribution is 5.63. The molecule has 0 amide bonds. The van der Waals surface area contributed by atoms with E-state index in [-0.39, 0.29) is 0 Å². The fourth-order valence-corrected chi connectivity index (χ4v) is 1.56. The average Bonchev–Trinajstić information content (AvgIpc) is 2.27. The van der Waals surface area contributed by atoms with Gasteiger partial charge in [0, 0.05) is 11.8 Å². The monoisotopic (exact) mass is 191 g/mol. The molecule has 1 heterocycles. The maximum absolute atomic E-state index is 5.23. The van der Waals surface area contributed by atoms with Gasteiger partial charge in [-0.2, -0.15) is 0 Å². The first-order valence-electron chi connectivity index (χ1n) is 4.51. The predicted octanol–water partition coefficient (Wildman–Crippen LogP) is 2.19. The molecule has 3 nitrogen and oxygen atoms in total. The zero-order valence-electron chi connectivity index (χ0n) is 8.33. The second-order valence-electron chi connectivity index (χ2n) is 3.12. The molecule has 0 aromatic heterocycles. The topological polar surface area (TPSA) is 30.5 Å². The summed E-state index contributed by atoms with van der Waals surface area (Å²) in [4.78, 5) is 0. The van der Waals surface area contributed by atoms with Crippen molar-refractivity contribution in [2.24, 2.45) is 0 Å². The Hall–Kier alpha value is -1.64. The van der Waals surface area contributed by atoms with Crippen LogP contribution in [0.2, 0.25) is 0 Å². The quantitative estimate of drug-likeness (QED) is 0.777. The highest BCUT2D eigenvalue weighted by atomic mass is 16.5. The van der Waals surface area contributed by atoms with Gasteiger partial charge in [0.1, 0.15) is 0 Å². The van der Waals surface area contributed by atoms with E-state index in [9.17, 15) is 0 Å². The molecule has 0 aliphatic carbocycles. The van der Waals surface area contributed by atoms with Crippen molar-refractivity contribution in [1.29, 1.82) is 0 Å². The smallest absolute Gasteiger partial charge is 0.162 e. The van der Waals surface area contributed by atoms with E-state index >= 15 is 0 Å². The van der Waals surface area contributed by atoms with E-state index in [4.69, 9.17) is 9.47 Å². The van der Waals surface area contributed by atoms with Crippen LogP contribution in [-0.2, 0) is 6.42 Å². The molecule has 0 atom stereocenters. The minimum atomic E-state index is 0.758. The van der Waals surface area contributed by atoms with E-state index in [0.717, 1.165) is 23.6 Å². The first kappa shape index (κ1) is 8.94. The standard InChI is InChI=1S/C11H13NO2/c1-13-10-6-8-4-3-5-12-9(8)7-11(10)14-2/h3,5-7,12H,4H2,1-2H3. The number of allylic oxidation sites excluding steroid dienone is 1. The van der Waals surface area contributed by atoms with Crippen molar-refractivity contribution >= 4 is 5.69 Å². The number of rotatable bonds is 2. The minimum absolute atomic E-state index is 0.758. The summed E-state index contributed by atoms with van der Waals surface area (Å²) in [5.41, 5.74) is 2.32. The van der Waals surface area contributed by atoms with Crippen LogP contribution in [0.3, 0.4) is 0 Å². The van der Waals surface area contributed by atoms with Crippen LogP contribution in [0.5, 0.6) is 11.5 Å². The van der Waals surface area contributed by atoms with Crippen molar-refractivity contribution in [3.63, 3.8) is 0 Å². The summed E-state index contributed by atoms with van der Waals surface area (Å²) < 4.78 is 10.4. The van der Waals surface area contributed by atoms with E-state index in [1.807, 2.05) is 18.3 Å². The number of hydrogen-bond donors (Lipinski definition) is 1. The Bertz CT molecular complexity index is 337. The van der Waals surface area contributed by atoms with Crippen LogP contribution in [0, 0.1) is 0 Å². The lowest BCUT2D eigenvalue weighted by Gasteiger charge is -2.16. The van der Waals surface area contributed by atoms with E-state index in [2.05, 4.69) is 11.4 Å². The lowest BCUT2D eigenvalue weighted by Crippen LogP contribution is -2.01. The second kappa shape index (κ2) is 3.62. The molecule has 1 aliphatic rings. The Labute approximate surface area is 83.3 Å². The number of hydrogen-bond acceptors (Lipinski definition) is 3. The molecule has 0 bridgehead atoms. The fraction of sp³-hybridized carbons (Fsp3) is 0.273. The summed E-state index contributed by atoms with van der Waals surface area (Å²) >= 11 is 0. The normalized spacial score (nSPS) is 13.0. The van der Waals surface area contributed by atoms with Crippen LogP contribution in [0.15, 0.2) is 24.4 Å². The van der Waals surface area contributed by atoms with Gasteiger partial charge in [0.2, 0.25) is 0 Å². The average molecular weight is 191 g/mol. The molecule has 3 heteroatoms. The van der Waals surface area contributed by atoms with Gasteiger partial charge in [0.15, 0.2) is 11.5 Å². The van der Waals surface area contributed by atoms with E-state index in [1.54, 1.807) is 14.2 Å². The number of methoxy groups -OCH3 is 2. The molecular weight excluding hydrogens is 178 g/mol. The van der Waals surface area contributed by atoms with Gasteiger partial charge in [-0.15, -0.1) is 0 Å². The summed E-state index contributed by atoms with van der Waals surface area (Å²) in [6.07, 6.45) is 4.95. The van der Waals surface area contributed by atoms with Crippen molar-refractivity contribution in [3.05, 3.63) is 30.0 Å². The van der Waals surface area contributed by atoms with E-state index in [0.29, 0.717) is 0 Å². The molecule has 0 fully saturated rings. The van der Waals surface area contributed by atoms with Gasteiger partial charge in [-0.25, -0.2) is 0 Å². The summed E-state index contributed by atoms with van der Waals surface area (Å²) in [5.74, 6) is 1.54. The van der Waals surface area contributed by atoms with Crippen molar-refractivity contribution in [1.82, 2.24) is 0 Å². The molecule has 0 spiro atoms. The Kier molecular flexibility index (Phi) is 2.31. The van der Waals surface area contributed by atoms with Crippen LogP contribution in [-0.4, -0.2) is 14.2 Å². The second-order valence-corrected chi connectivity index (χ2v) is 3.12. The first-order chi connectivity index (χ1) is 6.85. The Morgan fingerprint density at radius 3 is 2.57 bits per heavy atom. The summed E-state index contributed by atoms with van der Waals surface area (Å²) in [5, 5.41) is 3.17. The SMILES string of the molecule is COc1cc2c(cc1OC)NC=CC2. The molecule has 2 rings (SSSR count). The van der Waals surface area contributed by atoms with Gasteiger partial charge in [0.05, 0.1) is 14.2 Å². The number of ether oxygens (including phenoxy) is 2. The zero-order chi connectivity index (χ0) is 9.97. The Balaban J connectivity index is 2.46.